The van der Waals surface area contributed by atoms with Crippen LogP contribution in [0.15, 0.2) is 28.7 Å². The summed E-state index contributed by atoms with van der Waals surface area (Å²) in [5.41, 5.74) is 0.605. The number of carbonyl (C=O) groups excluding carboxylic acids is 1. The van der Waals surface area contributed by atoms with Crippen LogP contribution in [0, 0.1) is 17.8 Å². The number of hydrogen-bond acceptors (Lipinski definition) is 2. The van der Waals surface area contributed by atoms with Gasteiger partial charge in [0, 0.05) is 17.6 Å². The van der Waals surface area contributed by atoms with Gasteiger partial charge >= 0.3 is 5.97 Å². The Labute approximate surface area is 125 Å². The van der Waals surface area contributed by atoms with Crippen molar-refractivity contribution in [1.29, 1.82) is 0 Å². The standard InChI is InChI=1S/C15H16BrNO3/c16-13-4-2-1-3-10(13)14(18)17-7-11(9-5-6-9)12(8-17)15(19)20/h1-4,9,11-12H,5-8H2,(H,19,20)/t11-,12+/m1/s1. The van der Waals surface area contributed by atoms with Gasteiger partial charge in [0.05, 0.1) is 11.5 Å². The number of carboxylic acid groups (broad SMARTS) is 1. The van der Waals surface area contributed by atoms with E-state index in [-0.39, 0.29) is 11.8 Å². The highest BCUT2D eigenvalue weighted by molar-refractivity contribution is 9.10. The Morgan fingerprint density at radius 1 is 1.20 bits per heavy atom. The molecule has 4 nitrogen and oxygen atoms in total. The average molecular weight is 338 g/mol. The molecule has 0 spiro atoms. The van der Waals surface area contributed by atoms with Crippen molar-refractivity contribution in [3.05, 3.63) is 34.3 Å². The van der Waals surface area contributed by atoms with Crippen molar-refractivity contribution in [1.82, 2.24) is 4.90 Å². The van der Waals surface area contributed by atoms with Crippen LogP contribution in [0.5, 0.6) is 0 Å². The molecule has 1 heterocycles. The van der Waals surface area contributed by atoms with Crippen LogP contribution >= 0.6 is 15.9 Å². The summed E-state index contributed by atoms with van der Waals surface area (Å²) in [4.78, 5) is 25.6. The van der Waals surface area contributed by atoms with Gasteiger partial charge in [-0.1, -0.05) is 12.1 Å². The maximum Gasteiger partial charge on any atom is 0.308 e. The molecule has 2 fully saturated rings. The Balaban J connectivity index is 1.80. The summed E-state index contributed by atoms with van der Waals surface area (Å²) in [6.45, 7) is 0.901. The topological polar surface area (TPSA) is 57.6 Å². The normalized spacial score (nSPS) is 25.8. The van der Waals surface area contributed by atoms with Gasteiger partial charge < -0.3 is 10.0 Å². The fourth-order valence-electron chi connectivity index (χ4n) is 3.06. The number of carbonyl (C=O) groups is 2. The molecule has 1 aliphatic heterocycles. The first-order valence-electron chi connectivity index (χ1n) is 6.84. The van der Waals surface area contributed by atoms with Gasteiger partial charge in [0.15, 0.2) is 0 Å². The second kappa shape index (κ2) is 5.20. The number of halogens is 1. The molecule has 1 aromatic rings. The minimum atomic E-state index is -0.774. The van der Waals surface area contributed by atoms with Crippen molar-refractivity contribution in [2.45, 2.75) is 12.8 Å². The molecule has 1 N–H and O–H groups in total. The highest BCUT2D eigenvalue weighted by Gasteiger charge is 2.47. The Morgan fingerprint density at radius 3 is 2.50 bits per heavy atom. The number of carboxylic acids is 1. The summed E-state index contributed by atoms with van der Waals surface area (Å²) < 4.78 is 0.756. The molecular formula is C15H16BrNO3. The molecule has 2 atom stereocenters. The van der Waals surface area contributed by atoms with Gasteiger partial charge in [-0.3, -0.25) is 9.59 Å². The number of amides is 1. The Morgan fingerprint density at radius 2 is 1.90 bits per heavy atom. The van der Waals surface area contributed by atoms with Gasteiger partial charge in [0.2, 0.25) is 0 Å². The van der Waals surface area contributed by atoms with Crippen LogP contribution in [-0.4, -0.2) is 35.0 Å². The molecule has 3 rings (SSSR count). The Kier molecular flexibility index (Phi) is 3.54. The molecule has 106 valence electrons. The molecule has 1 aliphatic carbocycles. The van der Waals surface area contributed by atoms with Crippen LogP contribution in [0.3, 0.4) is 0 Å². The predicted octanol–water partition coefficient (Wildman–Crippen LogP) is 2.63. The summed E-state index contributed by atoms with van der Waals surface area (Å²) in [6, 6.07) is 7.28. The van der Waals surface area contributed by atoms with Gasteiger partial charge in [0.25, 0.3) is 5.91 Å². The Bertz CT molecular complexity index is 556. The van der Waals surface area contributed by atoms with Crippen LogP contribution in [0.4, 0.5) is 0 Å². The molecule has 0 unspecified atom stereocenters. The van der Waals surface area contributed by atoms with E-state index in [2.05, 4.69) is 15.9 Å². The van der Waals surface area contributed by atoms with Crippen molar-refractivity contribution in [2.75, 3.05) is 13.1 Å². The van der Waals surface area contributed by atoms with E-state index >= 15 is 0 Å². The number of aliphatic carboxylic acids is 1. The van der Waals surface area contributed by atoms with E-state index in [1.165, 1.54) is 0 Å². The van der Waals surface area contributed by atoms with Gasteiger partial charge in [-0.05, 0) is 52.7 Å². The van der Waals surface area contributed by atoms with Crippen molar-refractivity contribution in [3.8, 4) is 0 Å². The quantitative estimate of drug-likeness (QED) is 0.922. The average Bonchev–Trinajstić information content (AvgIpc) is 3.17. The fourth-order valence-corrected chi connectivity index (χ4v) is 3.52. The smallest absolute Gasteiger partial charge is 0.308 e. The molecule has 0 radical (unpaired) electrons. The summed E-state index contributed by atoms with van der Waals surface area (Å²) >= 11 is 3.38. The maximum atomic E-state index is 12.5. The highest BCUT2D eigenvalue weighted by Crippen LogP contribution is 2.44. The maximum absolute atomic E-state index is 12.5. The second-order valence-electron chi connectivity index (χ2n) is 5.64. The van der Waals surface area contributed by atoms with Crippen LogP contribution in [0.2, 0.25) is 0 Å². The van der Waals surface area contributed by atoms with Crippen molar-refractivity contribution < 1.29 is 14.7 Å². The lowest BCUT2D eigenvalue weighted by Gasteiger charge is -2.17. The lowest BCUT2D eigenvalue weighted by Crippen LogP contribution is -2.30. The minimum absolute atomic E-state index is 0.0770. The molecule has 1 saturated heterocycles. The van der Waals surface area contributed by atoms with E-state index < -0.39 is 11.9 Å². The SMILES string of the molecule is O=C(O)[C@H]1CN(C(=O)c2ccccc2Br)C[C@@H]1C1CC1. The van der Waals surface area contributed by atoms with E-state index in [4.69, 9.17) is 0 Å². The first-order valence-corrected chi connectivity index (χ1v) is 7.64. The van der Waals surface area contributed by atoms with E-state index in [0.717, 1.165) is 17.3 Å². The largest absolute Gasteiger partial charge is 0.481 e. The third kappa shape index (κ3) is 2.46. The van der Waals surface area contributed by atoms with Crippen LogP contribution in [0.25, 0.3) is 0 Å². The number of likely N-dealkylation sites (tertiary alicyclic amines) is 1. The van der Waals surface area contributed by atoms with Gasteiger partial charge in [0.1, 0.15) is 0 Å². The monoisotopic (exact) mass is 337 g/mol. The van der Waals surface area contributed by atoms with Gasteiger partial charge in [-0.25, -0.2) is 0 Å². The van der Waals surface area contributed by atoms with E-state index in [0.29, 0.717) is 24.6 Å². The zero-order valence-electron chi connectivity index (χ0n) is 11.0. The molecule has 1 aromatic carbocycles. The predicted molar refractivity (Wildman–Crippen MR) is 77.4 cm³/mol. The van der Waals surface area contributed by atoms with Crippen molar-refractivity contribution >= 4 is 27.8 Å². The van der Waals surface area contributed by atoms with Crippen LogP contribution < -0.4 is 0 Å². The molecule has 2 aliphatic rings. The highest BCUT2D eigenvalue weighted by atomic mass is 79.9. The van der Waals surface area contributed by atoms with Crippen molar-refractivity contribution in [2.24, 2.45) is 17.8 Å². The number of rotatable bonds is 3. The van der Waals surface area contributed by atoms with E-state index in [1.54, 1.807) is 11.0 Å². The Hall–Kier alpha value is -1.36. The first kappa shape index (κ1) is 13.6. The first-order chi connectivity index (χ1) is 9.58. The molecule has 5 heteroatoms. The zero-order chi connectivity index (χ0) is 14.3. The lowest BCUT2D eigenvalue weighted by molar-refractivity contribution is -0.142. The summed E-state index contributed by atoms with van der Waals surface area (Å²) in [5.74, 6) is -0.641. The summed E-state index contributed by atoms with van der Waals surface area (Å²) in [6.07, 6.45) is 2.21. The van der Waals surface area contributed by atoms with Crippen LogP contribution in [-0.2, 0) is 4.79 Å². The molecule has 1 saturated carbocycles. The summed E-state index contributed by atoms with van der Waals surface area (Å²) in [5, 5.41) is 9.34. The van der Waals surface area contributed by atoms with Gasteiger partial charge in [-0.2, -0.15) is 0 Å². The third-order valence-electron chi connectivity index (χ3n) is 4.30. The fraction of sp³-hybridized carbons (Fsp3) is 0.467. The lowest BCUT2D eigenvalue weighted by atomic mass is 9.92. The second-order valence-corrected chi connectivity index (χ2v) is 6.49. The minimum Gasteiger partial charge on any atom is -0.481 e. The van der Waals surface area contributed by atoms with E-state index in [9.17, 15) is 14.7 Å². The number of hydrogen-bond donors (Lipinski definition) is 1. The molecule has 0 aromatic heterocycles. The molecule has 1 amide bonds. The summed E-state index contributed by atoms with van der Waals surface area (Å²) in [7, 11) is 0. The number of benzene rings is 1. The van der Waals surface area contributed by atoms with E-state index in [1.807, 2.05) is 18.2 Å². The molecule has 0 bridgehead atoms. The van der Waals surface area contributed by atoms with Gasteiger partial charge in [-0.15, -0.1) is 0 Å². The van der Waals surface area contributed by atoms with Crippen molar-refractivity contribution in [3.63, 3.8) is 0 Å². The number of nitrogens with zero attached hydrogens (tertiary/aromatic N) is 1. The van der Waals surface area contributed by atoms with Crippen LogP contribution in [0.1, 0.15) is 23.2 Å². The third-order valence-corrected chi connectivity index (χ3v) is 4.99. The zero-order valence-corrected chi connectivity index (χ0v) is 12.5. The molecular weight excluding hydrogens is 322 g/mol. The molecule has 20 heavy (non-hydrogen) atoms.